The summed E-state index contributed by atoms with van der Waals surface area (Å²) in [6.45, 7) is 0.528. The molecule has 0 spiro atoms. The second-order valence-corrected chi connectivity index (χ2v) is 6.03. The van der Waals surface area contributed by atoms with E-state index in [9.17, 15) is 4.79 Å². The standard InChI is InChI=1S/C21H21N3O3/c22-19-7-3-1-5-14(19)12-26-17-9-16(21(24)25)10-18(11-17)27-13-15-6-2-4-8-20(15)23/h1-11H,12-13,22-23H2,(H2,24,25). The van der Waals surface area contributed by atoms with E-state index in [0.717, 1.165) is 11.1 Å². The Morgan fingerprint density at radius 1 is 0.741 bits per heavy atom. The lowest BCUT2D eigenvalue weighted by Gasteiger charge is -2.13. The van der Waals surface area contributed by atoms with Crippen molar-refractivity contribution in [2.24, 2.45) is 5.73 Å². The number of anilines is 2. The molecule has 3 aromatic carbocycles. The summed E-state index contributed by atoms with van der Waals surface area (Å²) in [7, 11) is 0. The van der Waals surface area contributed by atoms with E-state index < -0.39 is 5.91 Å². The lowest BCUT2D eigenvalue weighted by molar-refractivity contribution is 0.0999. The Labute approximate surface area is 157 Å². The maximum absolute atomic E-state index is 11.6. The second-order valence-electron chi connectivity index (χ2n) is 6.03. The smallest absolute Gasteiger partial charge is 0.248 e. The van der Waals surface area contributed by atoms with E-state index in [1.165, 1.54) is 0 Å². The summed E-state index contributed by atoms with van der Waals surface area (Å²) in [5.74, 6) is 0.361. The van der Waals surface area contributed by atoms with E-state index in [1.54, 1.807) is 30.3 Å². The number of hydrogen-bond donors (Lipinski definition) is 3. The molecule has 0 aliphatic carbocycles. The van der Waals surface area contributed by atoms with Gasteiger partial charge in [-0.15, -0.1) is 0 Å². The van der Waals surface area contributed by atoms with Crippen molar-refractivity contribution < 1.29 is 14.3 Å². The highest BCUT2D eigenvalue weighted by Crippen LogP contribution is 2.26. The Morgan fingerprint density at radius 2 is 1.19 bits per heavy atom. The van der Waals surface area contributed by atoms with Crippen LogP contribution in [0.25, 0.3) is 0 Å². The summed E-state index contributed by atoms with van der Waals surface area (Å²) >= 11 is 0. The van der Waals surface area contributed by atoms with E-state index in [1.807, 2.05) is 36.4 Å². The summed E-state index contributed by atoms with van der Waals surface area (Å²) < 4.78 is 11.6. The number of nitrogens with two attached hydrogens (primary N) is 3. The monoisotopic (exact) mass is 363 g/mol. The first-order chi connectivity index (χ1) is 13.0. The second kappa shape index (κ2) is 8.14. The summed E-state index contributed by atoms with van der Waals surface area (Å²) in [6.07, 6.45) is 0. The van der Waals surface area contributed by atoms with E-state index in [-0.39, 0.29) is 13.2 Å². The largest absolute Gasteiger partial charge is 0.489 e. The molecule has 0 heterocycles. The Kier molecular flexibility index (Phi) is 5.47. The van der Waals surface area contributed by atoms with Crippen molar-refractivity contribution in [3.63, 3.8) is 0 Å². The highest BCUT2D eigenvalue weighted by Gasteiger charge is 2.09. The Bertz CT molecular complexity index is 889. The van der Waals surface area contributed by atoms with Crippen LogP contribution in [-0.2, 0) is 13.2 Å². The average molecular weight is 363 g/mol. The van der Waals surface area contributed by atoms with Gasteiger partial charge in [-0.3, -0.25) is 4.79 Å². The molecule has 0 unspecified atom stereocenters. The molecule has 0 radical (unpaired) electrons. The minimum atomic E-state index is -0.566. The van der Waals surface area contributed by atoms with Crippen LogP contribution in [0, 0.1) is 0 Å². The fourth-order valence-corrected chi connectivity index (χ4v) is 2.53. The maximum Gasteiger partial charge on any atom is 0.248 e. The van der Waals surface area contributed by atoms with Gasteiger partial charge in [-0.25, -0.2) is 0 Å². The van der Waals surface area contributed by atoms with Gasteiger partial charge in [0.1, 0.15) is 24.7 Å². The van der Waals surface area contributed by atoms with Gasteiger partial charge in [-0.2, -0.15) is 0 Å². The fourth-order valence-electron chi connectivity index (χ4n) is 2.53. The Morgan fingerprint density at radius 3 is 1.59 bits per heavy atom. The van der Waals surface area contributed by atoms with E-state index >= 15 is 0 Å². The molecule has 138 valence electrons. The van der Waals surface area contributed by atoms with Gasteiger partial charge in [0.25, 0.3) is 0 Å². The third-order valence-corrected chi connectivity index (χ3v) is 4.06. The minimum absolute atomic E-state index is 0.264. The molecule has 3 rings (SSSR count). The van der Waals surface area contributed by atoms with Crippen LogP contribution < -0.4 is 26.7 Å². The number of primary amides is 1. The van der Waals surface area contributed by atoms with E-state index in [2.05, 4.69) is 0 Å². The maximum atomic E-state index is 11.6. The normalized spacial score (nSPS) is 10.4. The van der Waals surface area contributed by atoms with Crippen LogP contribution in [0.5, 0.6) is 11.5 Å². The number of carbonyl (C=O) groups is 1. The number of nitrogen functional groups attached to an aromatic ring is 2. The SMILES string of the molecule is NC(=O)c1cc(OCc2ccccc2N)cc(OCc2ccccc2N)c1. The zero-order valence-corrected chi connectivity index (χ0v) is 14.7. The molecular formula is C21H21N3O3. The molecule has 1 amide bonds. The molecule has 6 heteroatoms. The van der Waals surface area contributed by atoms with Gasteiger partial charge in [0, 0.05) is 34.1 Å². The number of hydrogen-bond acceptors (Lipinski definition) is 5. The topological polar surface area (TPSA) is 114 Å². The van der Waals surface area contributed by atoms with Crippen molar-refractivity contribution in [2.75, 3.05) is 11.5 Å². The summed E-state index contributed by atoms with van der Waals surface area (Å²) in [4.78, 5) is 11.6. The third kappa shape index (κ3) is 4.70. The van der Waals surface area contributed by atoms with Crippen molar-refractivity contribution in [3.05, 3.63) is 83.4 Å². The quantitative estimate of drug-likeness (QED) is 0.558. The van der Waals surface area contributed by atoms with Crippen molar-refractivity contribution in [1.82, 2.24) is 0 Å². The van der Waals surface area contributed by atoms with Crippen LogP contribution in [0.2, 0.25) is 0 Å². The van der Waals surface area contributed by atoms with E-state index in [4.69, 9.17) is 26.7 Å². The van der Waals surface area contributed by atoms with Gasteiger partial charge >= 0.3 is 0 Å². The molecule has 0 saturated carbocycles. The summed E-state index contributed by atoms with van der Waals surface area (Å²) in [5.41, 5.74) is 20.6. The Hall–Kier alpha value is -3.67. The van der Waals surface area contributed by atoms with Crippen LogP contribution in [0.4, 0.5) is 11.4 Å². The number of para-hydroxylation sites is 2. The third-order valence-electron chi connectivity index (χ3n) is 4.06. The van der Waals surface area contributed by atoms with Crippen LogP contribution in [0.3, 0.4) is 0 Å². The zero-order chi connectivity index (χ0) is 19.2. The minimum Gasteiger partial charge on any atom is -0.489 e. The van der Waals surface area contributed by atoms with Crippen LogP contribution >= 0.6 is 0 Å². The number of carbonyl (C=O) groups excluding carboxylic acids is 1. The summed E-state index contributed by atoms with van der Waals surface area (Å²) in [5, 5.41) is 0. The molecule has 0 aromatic heterocycles. The average Bonchev–Trinajstić information content (AvgIpc) is 2.66. The first-order valence-electron chi connectivity index (χ1n) is 8.40. The number of amides is 1. The van der Waals surface area contributed by atoms with Gasteiger partial charge in [0.2, 0.25) is 5.91 Å². The van der Waals surface area contributed by atoms with Crippen LogP contribution in [0.15, 0.2) is 66.7 Å². The van der Waals surface area contributed by atoms with Crippen LogP contribution in [-0.4, -0.2) is 5.91 Å². The highest BCUT2D eigenvalue weighted by molar-refractivity contribution is 5.93. The van der Waals surface area contributed by atoms with Gasteiger partial charge < -0.3 is 26.7 Å². The molecule has 0 aliphatic rings. The number of benzene rings is 3. The summed E-state index contributed by atoms with van der Waals surface area (Å²) in [6, 6.07) is 19.7. The molecule has 0 aliphatic heterocycles. The molecule has 6 N–H and O–H groups in total. The molecule has 0 bridgehead atoms. The Balaban J connectivity index is 1.77. The molecule has 3 aromatic rings. The van der Waals surface area contributed by atoms with Crippen molar-refractivity contribution in [2.45, 2.75) is 13.2 Å². The molecule has 0 saturated heterocycles. The zero-order valence-electron chi connectivity index (χ0n) is 14.7. The van der Waals surface area contributed by atoms with Gasteiger partial charge in [-0.1, -0.05) is 36.4 Å². The fraction of sp³-hybridized carbons (Fsp3) is 0.0952. The lowest BCUT2D eigenvalue weighted by atomic mass is 10.1. The highest BCUT2D eigenvalue weighted by atomic mass is 16.5. The number of ether oxygens (including phenoxy) is 2. The first kappa shape index (κ1) is 18.1. The van der Waals surface area contributed by atoms with E-state index in [0.29, 0.717) is 28.4 Å². The lowest BCUT2D eigenvalue weighted by Crippen LogP contribution is -2.11. The first-order valence-corrected chi connectivity index (χ1v) is 8.40. The van der Waals surface area contributed by atoms with Crippen molar-refractivity contribution in [1.29, 1.82) is 0 Å². The van der Waals surface area contributed by atoms with Gasteiger partial charge in [0.05, 0.1) is 0 Å². The molecule has 0 fully saturated rings. The molecule has 6 nitrogen and oxygen atoms in total. The molecule has 27 heavy (non-hydrogen) atoms. The molecule has 0 atom stereocenters. The van der Waals surface area contributed by atoms with Crippen LogP contribution in [0.1, 0.15) is 21.5 Å². The van der Waals surface area contributed by atoms with Crippen molar-refractivity contribution in [3.8, 4) is 11.5 Å². The van der Waals surface area contributed by atoms with Crippen molar-refractivity contribution >= 4 is 17.3 Å². The van der Waals surface area contributed by atoms with Gasteiger partial charge in [0.15, 0.2) is 0 Å². The van der Waals surface area contributed by atoms with Gasteiger partial charge in [-0.05, 0) is 24.3 Å². The predicted molar refractivity (Wildman–Crippen MR) is 105 cm³/mol. The molecular weight excluding hydrogens is 342 g/mol. The predicted octanol–water partition coefficient (Wildman–Crippen LogP) is 3.11. The number of rotatable bonds is 7.